The lowest BCUT2D eigenvalue weighted by Gasteiger charge is -1.98. The molecule has 0 atom stereocenters. The van der Waals surface area contributed by atoms with E-state index in [2.05, 4.69) is 28.8 Å². The van der Waals surface area contributed by atoms with Gasteiger partial charge in [-0.2, -0.15) is 0 Å². The van der Waals surface area contributed by atoms with Crippen molar-refractivity contribution in [2.45, 2.75) is 13.3 Å². The molecule has 0 fully saturated rings. The molecule has 0 saturated carbocycles. The van der Waals surface area contributed by atoms with Crippen LogP contribution in [-0.2, 0) is 11.2 Å². The van der Waals surface area contributed by atoms with Gasteiger partial charge in [-0.25, -0.2) is 9.78 Å². The van der Waals surface area contributed by atoms with Crippen LogP contribution < -0.4 is 0 Å². The first-order chi connectivity index (χ1) is 8.24. The normalized spacial score (nSPS) is 10.2. The first kappa shape index (κ1) is 11.8. The van der Waals surface area contributed by atoms with Gasteiger partial charge >= 0.3 is 5.97 Å². The SMILES string of the molecule is CCc1ccc(-c2nc(C(=O)OC)cs2)cc1. The zero-order chi connectivity index (χ0) is 12.3. The minimum atomic E-state index is -0.391. The van der Waals surface area contributed by atoms with E-state index in [1.54, 1.807) is 5.38 Å². The van der Waals surface area contributed by atoms with Crippen LogP contribution in [0.3, 0.4) is 0 Å². The molecule has 1 aromatic heterocycles. The van der Waals surface area contributed by atoms with E-state index < -0.39 is 5.97 Å². The Hall–Kier alpha value is -1.68. The summed E-state index contributed by atoms with van der Waals surface area (Å²) in [5.41, 5.74) is 2.69. The number of thiazole rings is 1. The van der Waals surface area contributed by atoms with Crippen molar-refractivity contribution in [2.75, 3.05) is 7.11 Å². The van der Waals surface area contributed by atoms with Gasteiger partial charge < -0.3 is 4.74 Å². The predicted octanol–water partition coefficient (Wildman–Crippen LogP) is 3.16. The summed E-state index contributed by atoms with van der Waals surface area (Å²) in [6.07, 6.45) is 1.02. The first-order valence-electron chi connectivity index (χ1n) is 5.37. The number of ether oxygens (including phenoxy) is 1. The molecular weight excluding hydrogens is 234 g/mol. The fraction of sp³-hybridized carbons (Fsp3) is 0.231. The molecule has 0 N–H and O–H groups in total. The summed E-state index contributed by atoms with van der Waals surface area (Å²) in [6, 6.07) is 8.21. The molecule has 0 amide bonds. The Morgan fingerprint density at radius 1 is 1.35 bits per heavy atom. The molecule has 4 heteroatoms. The number of rotatable bonds is 3. The molecule has 0 unspecified atom stereocenters. The zero-order valence-corrected chi connectivity index (χ0v) is 10.6. The molecular formula is C13H13NO2S. The summed E-state index contributed by atoms with van der Waals surface area (Å²) in [4.78, 5) is 15.5. The van der Waals surface area contributed by atoms with E-state index in [1.165, 1.54) is 24.0 Å². The monoisotopic (exact) mass is 247 g/mol. The molecule has 1 aromatic carbocycles. The smallest absolute Gasteiger partial charge is 0.357 e. The average molecular weight is 247 g/mol. The van der Waals surface area contributed by atoms with Crippen LogP contribution in [0.25, 0.3) is 10.6 Å². The molecule has 0 aliphatic carbocycles. The summed E-state index contributed by atoms with van der Waals surface area (Å²) >= 11 is 1.45. The van der Waals surface area contributed by atoms with Gasteiger partial charge in [0.15, 0.2) is 5.69 Å². The molecule has 2 rings (SSSR count). The molecule has 0 spiro atoms. The fourth-order valence-corrected chi connectivity index (χ4v) is 2.28. The zero-order valence-electron chi connectivity index (χ0n) is 9.77. The van der Waals surface area contributed by atoms with Crippen LogP contribution in [0.5, 0.6) is 0 Å². The number of methoxy groups -OCH3 is 1. The molecule has 0 bridgehead atoms. The number of aryl methyl sites for hydroxylation is 1. The van der Waals surface area contributed by atoms with Gasteiger partial charge in [0.05, 0.1) is 7.11 Å². The minimum absolute atomic E-state index is 0.368. The van der Waals surface area contributed by atoms with Crippen LogP contribution in [0.2, 0.25) is 0 Å². The summed E-state index contributed by atoms with van der Waals surface area (Å²) in [5.74, 6) is -0.391. The van der Waals surface area contributed by atoms with Gasteiger partial charge in [-0.15, -0.1) is 11.3 Å². The van der Waals surface area contributed by atoms with Crippen molar-refractivity contribution >= 4 is 17.3 Å². The Bertz CT molecular complexity index is 516. The Morgan fingerprint density at radius 3 is 2.65 bits per heavy atom. The van der Waals surface area contributed by atoms with Crippen molar-refractivity contribution < 1.29 is 9.53 Å². The number of aromatic nitrogens is 1. The molecule has 88 valence electrons. The highest BCUT2D eigenvalue weighted by molar-refractivity contribution is 7.13. The molecule has 2 aromatic rings. The van der Waals surface area contributed by atoms with Crippen molar-refractivity contribution in [1.29, 1.82) is 0 Å². The molecule has 3 nitrogen and oxygen atoms in total. The van der Waals surface area contributed by atoms with Crippen molar-refractivity contribution in [3.63, 3.8) is 0 Å². The van der Waals surface area contributed by atoms with E-state index in [0.717, 1.165) is 17.0 Å². The maximum Gasteiger partial charge on any atom is 0.357 e. The average Bonchev–Trinajstić information content (AvgIpc) is 2.87. The van der Waals surface area contributed by atoms with Gasteiger partial charge in [0.1, 0.15) is 5.01 Å². The number of nitrogens with zero attached hydrogens (tertiary/aromatic N) is 1. The predicted molar refractivity (Wildman–Crippen MR) is 68.3 cm³/mol. The maximum absolute atomic E-state index is 11.3. The van der Waals surface area contributed by atoms with Crippen molar-refractivity contribution in [2.24, 2.45) is 0 Å². The summed E-state index contributed by atoms with van der Waals surface area (Å²) < 4.78 is 4.63. The fourth-order valence-electron chi connectivity index (χ4n) is 1.49. The second kappa shape index (κ2) is 5.10. The van der Waals surface area contributed by atoms with Crippen molar-refractivity contribution in [3.8, 4) is 10.6 Å². The summed E-state index contributed by atoms with van der Waals surface area (Å²) in [5, 5.41) is 2.56. The number of carbonyl (C=O) groups is 1. The standard InChI is InChI=1S/C13H13NO2S/c1-3-9-4-6-10(7-5-9)12-14-11(8-17-12)13(15)16-2/h4-8H,3H2,1-2H3. The van der Waals surface area contributed by atoms with E-state index in [1.807, 2.05) is 12.1 Å². The molecule has 17 heavy (non-hydrogen) atoms. The Kier molecular flexibility index (Phi) is 3.54. The molecule has 0 radical (unpaired) electrons. The topological polar surface area (TPSA) is 39.2 Å². The van der Waals surface area contributed by atoms with Gasteiger partial charge in [0, 0.05) is 10.9 Å². The van der Waals surface area contributed by atoms with Crippen LogP contribution in [0, 0.1) is 0 Å². The van der Waals surface area contributed by atoms with Gasteiger partial charge in [0.2, 0.25) is 0 Å². The van der Waals surface area contributed by atoms with Gasteiger partial charge in [-0.3, -0.25) is 0 Å². The highest BCUT2D eigenvalue weighted by Gasteiger charge is 2.11. The first-order valence-corrected chi connectivity index (χ1v) is 6.25. The molecule has 0 saturated heterocycles. The van der Waals surface area contributed by atoms with Crippen LogP contribution in [-0.4, -0.2) is 18.1 Å². The largest absolute Gasteiger partial charge is 0.464 e. The van der Waals surface area contributed by atoms with Gasteiger partial charge in [0.25, 0.3) is 0 Å². The third-order valence-corrected chi connectivity index (χ3v) is 3.40. The lowest BCUT2D eigenvalue weighted by Crippen LogP contribution is -2.00. The number of benzene rings is 1. The number of hydrogen-bond acceptors (Lipinski definition) is 4. The number of carbonyl (C=O) groups excluding carboxylic acids is 1. The highest BCUT2D eigenvalue weighted by atomic mass is 32.1. The van der Waals surface area contributed by atoms with Crippen LogP contribution in [0.4, 0.5) is 0 Å². The Morgan fingerprint density at radius 2 is 2.06 bits per heavy atom. The Labute approximate surface area is 104 Å². The van der Waals surface area contributed by atoms with Gasteiger partial charge in [-0.05, 0) is 12.0 Å². The molecule has 0 aliphatic rings. The van der Waals surface area contributed by atoms with E-state index in [4.69, 9.17) is 0 Å². The second-order valence-electron chi connectivity index (χ2n) is 3.58. The lowest BCUT2D eigenvalue weighted by molar-refractivity contribution is 0.0595. The quantitative estimate of drug-likeness (QED) is 0.782. The third kappa shape index (κ3) is 2.53. The maximum atomic E-state index is 11.3. The van der Waals surface area contributed by atoms with E-state index in [9.17, 15) is 4.79 Å². The molecule has 0 aliphatic heterocycles. The minimum Gasteiger partial charge on any atom is -0.464 e. The van der Waals surface area contributed by atoms with E-state index in [0.29, 0.717) is 5.69 Å². The molecule has 1 heterocycles. The highest BCUT2D eigenvalue weighted by Crippen LogP contribution is 2.24. The van der Waals surface area contributed by atoms with Crippen LogP contribution in [0.15, 0.2) is 29.6 Å². The van der Waals surface area contributed by atoms with E-state index in [-0.39, 0.29) is 0 Å². The second-order valence-corrected chi connectivity index (χ2v) is 4.44. The number of esters is 1. The van der Waals surface area contributed by atoms with E-state index >= 15 is 0 Å². The van der Waals surface area contributed by atoms with Crippen LogP contribution in [0.1, 0.15) is 23.0 Å². The van der Waals surface area contributed by atoms with Crippen LogP contribution >= 0.6 is 11.3 Å². The Balaban J connectivity index is 2.27. The third-order valence-electron chi connectivity index (χ3n) is 2.51. The number of hydrogen-bond donors (Lipinski definition) is 0. The summed E-state index contributed by atoms with van der Waals surface area (Å²) in [6.45, 7) is 2.12. The lowest BCUT2D eigenvalue weighted by atomic mass is 10.1. The van der Waals surface area contributed by atoms with Crippen molar-refractivity contribution in [3.05, 3.63) is 40.9 Å². The summed E-state index contributed by atoms with van der Waals surface area (Å²) in [7, 11) is 1.36. The van der Waals surface area contributed by atoms with Crippen molar-refractivity contribution in [1.82, 2.24) is 4.98 Å². The van der Waals surface area contributed by atoms with Gasteiger partial charge in [-0.1, -0.05) is 31.2 Å².